The van der Waals surface area contributed by atoms with Gasteiger partial charge in [-0.15, -0.1) is 0 Å². The van der Waals surface area contributed by atoms with Gasteiger partial charge in [0.1, 0.15) is 11.5 Å². The Morgan fingerprint density at radius 3 is 2.61 bits per heavy atom. The summed E-state index contributed by atoms with van der Waals surface area (Å²) in [7, 11) is 3.37. The van der Waals surface area contributed by atoms with Crippen LogP contribution in [-0.2, 0) is 4.79 Å². The standard InChI is InChI=1S/C18H17N3O2/c1-19-12-16-17(13-7-6-10-15(11-13)23-2)20-21(18(16)22)14-8-4-3-5-9-14/h3-12,19H,1-2H3. The topological polar surface area (TPSA) is 53.9 Å². The van der Waals surface area contributed by atoms with Crippen LogP contribution in [0.1, 0.15) is 5.56 Å². The summed E-state index contributed by atoms with van der Waals surface area (Å²) in [6.45, 7) is 0. The van der Waals surface area contributed by atoms with Crippen molar-refractivity contribution < 1.29 is 9.53 Å². The molecule has 0 saturated carbocycles. The van der Waals surface area contributed by atoms with Gasteiger partial charge < -0.3 is 10.1 Å². The van der Waals surface area contributed by atoms with Crippen LogP contribution >= 0.6 is 0 Å². The molecule has 1 aliphatic rings. The zero-order valence-corrected chi connectivity index (χ0v) is 13.0. The number of amides is 1. The maximum Gasteiger partial charge on any atom is 0.282 e. The summed E-state index contributed by atoms with van der Waals surface area (Å²) in [6, 6.07) is 16.9. The monoisotopic (exact) mass is 307 g/mol. The molecule has 0 bridgehead atoms. The van der Waals surface area contributed by atoms with E-state index in [4.69, 9.17) is 4.74 Å². The molecule has 23 heavy (non-hydrogen) atoms. The molecule has 5 heteroatoms. The van der Waals surface area contributed by atoms with E-state index in [1.165, 1.54) is 5.01 Å². The predicted molar refractivity (Wildman–Crippen MR) is 90.6 cm³/mol. The molecule has 2 aromatic rings. The van der Waals surface area contributed by atoms with Gasteiger partial charge in [0.25, 0.3) is 5.91 Å². The lowest BCUT2D eigenvalue weighted by atomic mass is 10.0. The molecule has 1 amide bonds. The van der Waals surface area contributed by atoms with Crippen molar-refractivity contribution in [1.82, 2.24) is 5.32 Å². The first kappa shape index (κ1) is 14.8. The molecule has 3 rings (SSSR count). The minimum atomic E-state index is -0.164. The SMILES string of the molecule is CNC=C1C(=O)N(c2ccccc2)N=C1c1cccc(OC)c1. The third-order valence-corrected chi connectivity index (χ3v) is 3.51. The first-order chi connectivity index (χ1) is 11.2. The van der Waals surface area contributed by atoms with Gasteiger partial charge >= 0.3 is 0 Å². The van der Waals surface area contributed by atoms with E-state index in [0.29, 0.717) is 11.3 Å². The third-order valence-electron chi connectivity index (χ3n) is 3.51. The van der Waals surface area contributed by atoms with E-state index in [-0.39, 0.29) is 5.91 Å². The van der Waals surface area contributed by atoms with Crippen LogP contribution in [0.25, 0.3) is 0 Å². The van der Waals surface area contributed by atoms with Gasteiger partial charge in [0.15, 0.2) is 0 Å². The van der Waals surface area contributed by atoms with Gasteiger partial charge in [-0.25, -0.2) is 0 Å². The number of anilines is 1. The van der Waals surface area contributed by atoms with Crippen LogP contribution in [0.3, 0.4) is 0 Å². The van der Waals surface area contributed by atoms with Crippen LogP contribution in [0.5, 0.6) is 5.75 Å². The summed E-state index contributed by atoms with van der Waals surface area (Å²) in [4.78, 5) is 12.7. The first-order valence-electron chi connectivity index (χ1n) is 7.25. The number of nitrogens with zero attached hydrogens (tertiary/aromatic N) is 2. The van der Waals surface area contributed by atoms with E-state index in [1.807, 2.05) is 54.6 Å². The van der Waals surface area contributed by atoms with Gasteiger partial charge in [-0.1, -0.05) is 30.3 Å². The number of nitrogens with one attached hydrogen (secondary N) is 1. The Balaban J connectivity index is 2.08. The van der Waals surface area contributed by atoms with Crippen molar-refractivity contribution in [2.45, 2.75) is 0 Å². The van der Waals surface area contributed by atoms with Crippen molar-refractivity contribution in [3.63, 3.8) is 0 Å². The lowest BCUT2D eigenvalue weighted by molar-refractivity contribution is -0.114. The number of hydrazone groups is 1. The number of carbonyl (C=O) groups excluding carboxylic acids is 1. The molecule has 2 aromatic carbocycles. The van der Waals surface area contributed by atoms with Gasteiger partial charge in [0, 0.05) is 18.8 Å². The summed E-state index contributed by atoms with van der Waals surface area (Å²) in [6.07, 6.45) is 1.67. The van der Waals surface area contributed by atoms with E-state index >= 15 is 0 Å². The molecule has 5 nitrogen and oxygen atoms in total. The van der Waals surface area contributed by atoms with Crippen molar-refractivity contribution in [2.24, 2.45) is 5.10 Å². The lowest BCUT2D eigenvalue weighted by Gasteiger charge is -2.10. The summed E-state index contributed by atoms with van der Waals surface area (Å²) in [5, 5.41) is 8.86. The summed E-state index contributed by atoms with van der Waals surface area (Å²) >= 11 is 0. The number of carbonyl (C=O) groups is 1. The fraction of sp³-hybridized carbons (Fsp3) is 0.111. The Hall–Kier alpha value is -3.08. The van der Waals surface area contributed by atoms with Crippen LogP contribution in [-0.4, -0.2) is 25.8 Å². The van der Waals surface area contributed by atoms with Crippen molar-refractivity contribution >= 4 is 17.3 Å². The fourth-order valence-electron chi connectivity index (χ4n) is 2.42. The molecule has 1 aliphatic heterocycles. The second kappa shape index (κ2) is 6.36. The van der Waals surface area contributed by atoms with Crippen LogP contribution in [0.4, 0.5) is 5.69 Å². The van der Waals surface area contributed by atoms with Crippen molar-refractivity contribution in [2.75, 3.05) is 19.2 Å². The molecular weight excluding hydrogens is 290 g/mol. The molecule has 1 N–H and O–H groups in total. The first-order valence-corrected chi connectivity index (χ1v) is 7.25. The molecule has 0 radical (unpaired) electrons. The average Bonchev–Trinajstić information content (AvgIpc) is 2.93. The Kier molecular flexibility index (Phi) is 4.10. The van der Waals surface area contributed by atoms with Crippen LogP contribution in [0.15, 0.2) is 71.5 Å². The zero-order valence-electron chi connectivity index (χ0n) is 13.0. The number of rotatable bonds is 4. The van der Waals surface area contributed by atoms with E-state index in [2.05, 4.69) is 10.4 Å². The molecule has 0 atom stereocenters. The second-order valence-corrected chi connectivity index (χ2v) is 4.98. The zero-order chi connectivity index (χ0) is 16.2. The fourth-order valence-corrected chi connectivity index (χ4v) is 2.42. The minimum absolute atomic E-state index is 0.164. The molecule has 0 fully saturated rings. The van der Waals surface area contributed by atoms with Gasteiger partial charge in [0.2, 0.25) is 0 Å². The summed E-state index contributed by atoms with van der Waals surface area (Å²) in [5.41, 5.74) is 2.70. The minimum Gasteiger partial charge on any atom is -0.497 e. The highest BCUT2D eigenvalue weighted by molar-refractivity contribution is 6.35. The largest absolute Gasteiger partial charge is 0.497 e. The smallest absolute Gasteiger partial charge is 0.282 e. The number of methoxy groups -OCH3 is 1. The van der Waals surface area contributed by atoms with Crippen LogP contribution in [0, 0.1) is 0 Å². The summed E-state index contributed by atoms with van der Waals surface area (Å²) < 4.78 is 5.26. The molecule has 0 aliphatic carbocycles. The lowest BCUT2D eigenvalue weighted by Crippen LogP contribution is -2.22. The molecular formula is C18H17N3O2. The highest BCUT2D eigenvalue weighted by Crippen LogP contribution is 2.27. The number of ether oxygens (including phenoxy) is 1. The molecule has 0 aromatic heterocycles. The Bertz CT molecular complexity index is 782. The third kappa shape index (κ3) is 2.81. The number of hydrogen-bond acceptors (Lipinski definition) is 4. The van der Waals surface area contributed by atoms with Crippen molar-refractivity contribution in [3.8, 4) is 5.75 Å². The molecule has 0 spiro atoms. The van der Waals surface area contributed by atoms with E-state index in [1.54, 1.807) is 20.4 Å². The average molecular weight is 307 g/mol. The van der Waals surface area contributed by atoms with Gasteiger partial charge in [0.05, 0.1) is 18.4 Å². The predicted octanol–water partition coefficient (Wildman–Crippen LogP) is 2.55. The molecule has 0 saturated heterocycles. The Morgan fingerprint density at radius 1 is 1.13 bits per heavy atom. The number of hydrogen-bond donors (Lipinski definition) is 1. The molecule has 116 valence electrons. The highest BCUT2D eigenvalue weighted by Gasteiger charge is 2.32. The molecule has 0 unspecified atom stereocenters. The van der Waals surface area contributed by atoms with E-state index < -0.39 is 0 Å². The maximum atomic E-state index is 12.7. The van der Waals surface area contributed by atoms with E-state index in [0.717, 1.165) is 17.0 Å². The van der Waals surface area contributed by atoms with E-state index in [9.17, 15) is 4.79 Å². The Labute approximate surface area is 134 Å². The van der Waals surface area contributed by atoms with Gasteiger partial charge in [-0.2, -0.15) is 10.1 Å². The van der Waals surface area contributed by atoms with Gasteiger partial charge in [-0.3, -0.25) is 4.79 Å². The van der Waals surface area contributed by atoms with Crippen LogP contribution in [0.2, 0.25) is 0 Å². The van der Waals surface area contributed by atoms with Gasteiger partial charge in [-0.05, 0) is 24.3 Å². The maximum absolute atomic E-state index is 12.7. The summed E-state index contributed by atoms with van der Waals surface area (Å²) in [5.74, 6) is 0.558. The molecule has 1 heterocycles. The Morgan fingerprint density at radius 2 is 1.91 bits per heavy atom. The highest BCUT2D eigenvalue weighted by atomic mass is 16.5. The number of benzene rings is 2. The quantitative estimate of drug-likeness (QED) is 0.883. The van der Waals surface area contributed by atoms with Crippen molar-refractivity contribution in [3.05, 3.63) is 71.9 Å². The normalized spacial score (nSPS) is 15.7. The van der Waals surface area contributed by atoms with Crippen LogP contribution < -0.4 is 15.1 Å². The van der Waals surface area contributed by atoms with Crippen molar-refractivity contribution in [1.29, 1.82) is 0 Å². The number of para-hydroxylation sites is 1. The second-order valence-electron chi connectivity index (χ2n) is 4.98.